The lowest BCUT2D eigenvalue weighted by Gasteiger charge is -2.08. The van der Waals surface area contributed by atoms with E-state index >= 15 is 0 Å². The molecule has 0 saturated heterocycles. The van der Waals surface area contributed by atoms with E-state index in [1.807, 2.05) is 6.07 Å². The number of hydrogen-bond acceptors (Lipinski definition) is 5. The maximum atomic E-state index is 12.1. The van der Waals surface area contributed by atoms with Crippen LogP contribution < -0.4 is 5.32 Å². The number of phenolic OH excluding ortho intramolecular Hbond substituents is 3. The quantitative estimate of drug-likeness (QED) is 0.544. The second-order valence-corrected chi connectivity index (χ2v) is 4.73. The van der Waals surface area contributed by atoms with Gasteiger partial charge in [-0.25, -0.2) is 0 Å². The molecule has 1 amide bonds. The molecule has 0 spiro atoms. The molecule has 3 rings (SSSR count). The highest BCUT2D eigenvalue weighted by Gasteiger charge is 2.13. The van der Waals surface area contributed by atoms with Gasteiger partial charge >= 0.3 is 0 Å². The zero-order valence-corrected chi connectivity index (χ0v) is 11.3. The number of carbonyl (C=O) groups is 1. The van der Waals surface area contributed by atoms with Crippen LogP contribution in [0.2, 0.25) is 0 Å². The molecule has 22 heavy (non-hydrogen) atoms. The fourth-order valence-corrected chi connectivity index (χ4v) is 2.09. The van der Waals surface area contributed by atoms with Crippen LogP contribution in [0, 0.1) is 0 Å². The number of nitrogens with zero attached hydrogens (tertiary/aromatic N) is 1. The first-order valence-corrected chi connectivity index (χ1v) is 6.45. The van der Waals surface area contributed by atoms with Gasteiger partial charge in [-0.05, 0) is 36.4 Å². The van der Waals surface area contributed by atoms with Gasteiger partial charge in [-0.2, -0.15) is 0 Å². The highest BCUT2D eigenvalue weighted by Crippen LogP contribution is 2.35. The molecule has 6 heteroatoms. The predicted molar refractivity (Wildman–Crippen MR) is 81.1 cm³/mol. The van der Waals surface area contributed by atoms with E-state index in [2.05, 4.69) is 10.3 Å². The average molecular weight is 296 g/mol. The Morgan fingerprint density at radius 2 is 1.73 bits per heavy atom. The molecule has 0 aliphatic heterocycles. The van der Waals surface area contributed by atoms with E-state index in [-0.39, 0.29) is 5.56 Å². The third-order valence-corrected chi connectivity index (χ3v) is 3.19. The van der Waals surface area contributed by atoms with Gasteiger partial charge in [0, 0.05) is 22.8 Å². The second-order valence-electron chi connectivity index (χ2n) is 4.73. The Kier molecular flexibility index (Phi) is 3.27. The maximum Gasteiger partial charge on any atom is 0.255 e. The SMILES string of the molecule is O=C(Nc1ccc2ncccc2c1)c1cc(O)c(O)c(O)c1. The van der Waals surface area contributed by atoms with Crippen LogP contribution in [0.25, 0.3) is 10.9 Å². The molecule has 0 fully saturated rings. The fraction of sp³-hybridized carbons (Fsp3) is 0. The normalized spacial score (nSPS) is 10.5. The van der Waals surface area contributed by atoms with Crippen molar-refractivity contribution in [1.82, 2.24) is 4.98 Å². The lowest BCUT2D eigenvalue weighted by atomic mass is 10.1. The number of hydrogen-bond donors (Lipinski definition) is 4. The van der Waals surface area contributed by atoms with Gasteiger partial charge in [0.15, 0.2) is 17.2 Å². The van der Waals surface area contributed by atoms with Crippen molar-refractivity contribution in [3.8, 4) is 17.2 Å². The van der Waals surface area contributed by atoms with E-state index in [4.69, 9.17) is 0 Å². The summed E-state index contributed by atoms with van der Waals surface area (Å²) in [6.45, 7) is 0. The Morgan fingerprint density at radius 3 is 2.45 bits per heavy atom. The van der Waals surface area contributed by atoms with Crippen LogP contribution in [0.15, 0.2) is 48.7 Å². The number of anilines is 1. The first kappa shape index (κ1) is 13.7. The summed E-state index contributed by atoms with van der Waals surface area (Å²) in [5, 5.41) is 31.7. The Bertz CT molecular complexity index is 854. The second kappa shape index (κ2) is 5.25. The monoisotopic (exact) mass is 296 g/mol. The van der Waals surface area contributed by atoms with E-state index in [0.717, 1.165) is 23.0 Å². The van der Waals surface area contributed by atoms with E-state index < -0.39 is 23.2 Å². The molecule has 4 N–H and O–H groups in total. The van der Waals surface area contributed by atoms with E-state index in [9.17, 15) is 20.1 Å². The topological polar surface area (TPSA) is 103 Å². The van der Waals surface area contributed by atoms with Crippen molar-refractivity contribution >= 4 is 22.5 Å². The Balaban J connectivity index is 1.89. The van der Waals surface area contributed by atoms with Gasteiger partial charge in [-0.3, -0.25) is 9.78 Å². The van der Waals surface area contributed by atoms with Crippen molar-refractivity contribution in [2.45, 2.75) is 0 Å². The molecule has 0 atom stereocenters. The van der Waals surface area contributed by atoms with Crippen molar-refractivity contribution in [3.05, 3.63) is 54.2 Å². The molecule has 110 valence electrons. The van der Waals surface area contributed by atoms with Crippen molar-refractivity contribution < 1.29 is 20.1 Å². The number of fused-ring (bicyclic) bond motifs is 1. The van der Waals surface area contributed by atoms with Gasteiger partial charge in [0.05, 0.1) is 5.52 Å². The minimum Gasteiger partial charge on any atom is -0.504 e. The Labute approximate surface area is 125 Å². The standard InChI is InChI=1S/C16H12N2O4/c19-13-7-10(8-14(20)15(13)21)16(22)18-11-3-4-12-9(6-11)2-1-5-17-12/h1-8,19-21H,(H,18,22). The number of aromatic nitrogens is 1. The fourth-order valence-electron chi connectivity index (χ4n) is 2.09. The molecular weight excluding hydrogens is 284 g/mol. The summed E-state index contributed by atoms with van der Waals surface area (Å²) in [6.07, 6.45) is 1.68. The van der Waals surface area contributed by atoms with Crippen LogP contribution in [-0.4, -0.2) is 26.2 Å². The first-order chi connectivity index (χ1) is 10.5. The van der Waals surface area contributed by atoms with Crippen molar-refractivity contribution in [1.29, 1.82) is 0 Å². The van der Waals surface area contributed by atoms with Crippen molar-refractivity contribution in [2.24, 2.45) is 0 Å². The summed E-state index contributed by atoms with van der Waals surface area (Å²) < 4.78 is 0. The van der Waals surface area contributed by atoms with Crippen LogP contribution in [0.5, 0.6) is 17.2 Å². The van der Waals surface area contributed by atoms with Gasteiger partial charge in [0.25, 0.3) is 5.91 Å². The maximum absolute atomic E-state index is 12.1. The number of carbonyl (C=O) groups excluding carboxylic acids is 1. The molecule has 0 aliphatic rings. The summed E-state index contributed by atoms with van der Waals surface area (Å²) in [4.78, 5) is 16.3. The van der Waals surface area contributed by atoms with Crippen LogP contribution in [0.3, 0.4) is 0 Å². The van der Waals surface area contributed by atoms with Crippen LogP contribution in [-0.2, 0) is 0 Å². The Morgan fingerprint density at radius 1 is 1.00 bits per heavy atom. The molecule has 1 aromatic heterocycles. The van der Waals surface area contributed by atoms with Gasteiger partial charge in [0.1, 0.15) is 0 Å². The molecule has 6 nitrogen and oxygen atoms in total. The van der Waals surface area contributed by atoms with Gasteiger partial charge < -0.3 is 20.6 Å². The minimum atomic E-state index is -0.659. The molecule has 0 saturated carbocycles. The van der Waals surface area contributed by atoms with Crippen LogP contribution >= 0.6 is 0 Å². The molecule has 0 aliphatic carbocycles. The van der Waals surface area contributed by atoms with Gasteiger partial charge in [-0.1, -0.05) is 6.07 Å². The number of benzene rings is 2. The molecule has 2 aromatic carbocycles. The predicted octanol–water partition coefficient (Wildman–Crippen LogP) is 2.60. The Hall–Kier alpha value is -3.28. The lowest BCUT2D eigenvalue weighted by Crippen LogP contribution is -2.11. The highest BCUT2D eigenvalue weighted by atomic mass is 16.3. The third kappa shape index (κ3) is 2.49. The zero-order chi connectivity index (χ0) is 15.7. The number of aromatic hydroxyl groups is 3. The molecule has 0 bridgehead atoms. The largest absolute Gasteiger partial charge is 0.504 e. The number of amides is 1. The van der Waals surface area contributed by atoms with E-state index in [1.165, 1.54) is 0 Å². The van der Waals surface area contributed by atoms with Crippen molar-refractivity contribution in [3.63, 3.8) is 0 Å². The molecule has 0 unspecified atom stereocenters. The summed E-state index contributed by atoms with van der Waals surface area (Å²) in [6, 6.07) is 11.1. The van der Waals surface area contributed by atoms with Crippen molar-refractivity contribution in [2.75, 3.05) is 5.32 Å². The smallest absolute Gasteiger partial charge is 0.255 e. The van der Waals surface area contributed by atoms with Crippen LogP contribution in [0.4, 0.5) is 5.69 Å². The first-order valence-electron chi connectivity index (χ1n) is 6.45. The summed E-state index contributed by atoms with van der Waals surface area (Å²) in [5.74, 6) is -2.30. The highest BCUT2D eigenvalue weighted by molar-refractivity contribution is 6.05. The molecule has 1 heterocycles. The molecule has 0 radical (unpaired) electrons. The lowest BCUT2D eigenvalue weighted by molar-refractivity contribution is 0.102. The number of rotatable bonds is 2. The number of nitrogens with one attached hydrogen (secondary N) is 1. The van der Waals surface area contributed by atoms with Crippen LogP contribution in [0.1, 0.15) is 10.4 Å². The molecule has 3 aromatic rings. The average Bonchev–Trinajstić information content (AvgIpc) is 2.52. The molecular formula is C16H12N2O4. The van der Waals surface area contributed by atoms with E-state index in [1.54, 1.807) is 30.5 Å². The summed E-state index contributed by atoms with van der Waals surface area (Å²) in [5.41, 5.74) is 1.39. The zero-order valence-electron chi connectivity index (χ0n) is 11.3. The third-order valence-electron chi connectivity index (χ3n) is 3.19. The summed E-state index contributed by atoms with van der Waals surface area (Å²) >= 11 is 0. The summed E-state index contributed by atoms with van der Waals surface area (Å²) in [7, 11) is 0. The number of phenols is 3. The minimum absolute atomic E-state index is 0.0269. The van der Waals surface area contributed by atoms with Gasteiger partial charge in [0.2, 0.25) is 0 Å². The van der Waals surface area contributed by atoms with Gasteiger partial charge in [-0.15, -0.1) is 0 Å². The van der Waals surface area contributed by atoms with E-state index in [0.29, 0.717) is 5.69 Å². The number of pyridine rings is 1.